The summed E-state index contributed by atoms with van der Waals surface area (Å²) < 4.78 is 29.8. The lowest BCUT2D eigenvalue weighted by atomic mass is 10.0. The predicted molar refractivity (Wildman–Crippen MR) is 84.8 cm³/mol. The second-order valence-electron chi connectivity index (χ2n) is 6.11. The number of nitrogens with zero attached hydrogens (tertiary/aromatic N) is 4. The molecule has 1 unspecified atom stereocenters. The molecule has 0 radical (unpaired) electrons. The summed E-state index contributed by atoms with van der Waals surface area (Å²) in [7, 11) is 0. The van der Waals surface area contributed by atoms with Gasteiger partial charge < -0.3 is 23.7 Å². The standard InChI is InChI=1S/C16H17FN4O4/c17-12-5-18-15(19-6-12)20-2-4-24-11-16(9-20)10-21(14(22)8-25-16)13-1-3-23-7-13/h1,3,5-7H,2,4,8-11H2. The number of ether oxygens (including phenoxy) is 2. The van der Waals surface area contributed by atoms with Crippen LogP contribution in [0.3, 0.4) is 0 Å². The van der Waals surface area contributed by atoms with Gasteiger partial charge in [-0.1, -0.05) is 0 Å². The van der Waals surface area contributed by atoms with Crippen molar-refractivity contribution in [3.8, 4) is 0 Å². The molecular formula is C16H17FN4O4. The Bertz CT molecular complexity index is 739. The third kappa shape index (κ3) is 3.20. The Labute approximate surface area is 143 Å². The molecule has 1 spiro atoms. The first-order valence-corrected chi connectivity index (χ1v) is 7.92. The number of amides is 1. The van der Waals surface area contributed by atoms with Gasteiger partial charge in [0, 0.05) is 12.6 Å². The fourth-order valence-electron chi connectivity index (χ4n) is 3.09. The fraction of sp³-hybridized carbons (Fsp3) is 0.438. The number of hydrogen-bond acceptors (Lipinski definition) is 7. The average Bonchev–Trinajstić information content (AvgIpc) is 3.07. The molecule has 0 aliphatic carbocycles. The number of carbonyl (C=O) groups excluding carboxylic acids is 1. The molecule has 0 saturated carbocycles. The van der Waals surface area contributed by atoms with Gasteiger partial charge in [0.15, 0.2) is 5.82 Å². The van der Waals surface area contributed by atoms with E-state index in [1.807, 2.05) is 4.90 Å². The maximum atomic E-state index is 13.1. The lowest BCUT2D eigenvalue weighted by Crippen LogP contribution is -2.61. The van der Waals surface area contributed by atoms with Crippen LogP contribution in [-0.4, -0.2) is 60.9 Å². The number of anilines is 2. The van der Waals surface area contributed by atoms with Crippen LogP contribution >= 0.6 is 0 Å². The van der Waals surface area contributed by atoms with Crippen LogP contribution in [0.25, 0.3) is 0 Å². The maximum Gasteiger partial charge on any atom is 0.253 e. The van der Waals surface area contributed by atoms with Crippen LogP contribution in [0.4, 0.5) is 16.0 Å². The number of aromatic nitrogens is 2. The van der Waals surface area contributed by atoms with Crippen molar-refractivity contribution in [2.75, 3.05) is 49.3 Å². The van der Waals surface area contributed by atoms with Gasteiger partial charge in [-0.15, -0.1) is 0 Å². The second kappa shape index (κ2) is 6.41. The van der Waals surface area contributed by atoms with E-state index in [4.69, 9.17) is 13.9 Å². The molecule has 8 nitrogen and oxygen atoms in total. The summed E-state index contributed by atoms with van der Waals surface area (Å²) in [6, 6.07) is 1.73. The van der Waals surface area contributed by atoms with E-state index in [1.165, 1.54) is 12.5 Å². The molecule has 25 heavy (non-hydrogen) atoms. The van der Waals surface area contributed by atoms with Gasteiger partial charge >= 0.3 is 0 Å². The summed E-state index contributed by atoms with van der Waals surface area (Å²) in [6.45, 7) is 2.06. The van der Waals surface area contributed by atoms with Gasteiger partial charge in [0.25, 0.3) is 5.91 Å². The number of rotatable bonds is 2. The Morgan fingerprint density at radius 3 is 2.84 bits per heavy atom. The molecule has 0 bridgehead atoms. The van der Waals surface area contributed by atoms with E-state index in [0.717, 1.165) is 12.4 Å². The number of halogens is 1. The molecule has 0 N–H and O–H groups in total. The van der Waals surface area contributed by atoms with Crippen LogP contribution in [0.2, 0.25) is 0 Å². The minimum absolute atomic E-state index is 0.0490. The zero-order chi connectivity index (χ0) is 17.3. The summed E-state index contributed by atoms with van der Waals surface area (Å²) in [5.41, 5.74) is -0.0408. The molecule has 4 heterocycles. The molecule has 1 atom stereocenters. The maximum absolute atomic E-state index is 13.1. The third-order valence-corrected chi connectivity index (χ3v) is 4.31. The molecule has 2 aliphatic rings. The topological polar surface area (TPSA) is 80.9 Å². The van der Waals surface area contributed by atoms with Gasteiger partial charge in [-0.05, 0) is 0 Å². The van der Waals surface area contributed by atoms with E-state index in [-0.39, 0.29) is 12.5 Å². The van der Waals surface area contributed by atoms with Crippen molar-refractivity contribution in [3.63, 3.8) is 0 Å². The van der Waals surface area contributed by atoms with Crippen LogP contribution in [0.5, 0.6) is 0 Å². The van der Waals surface area contributed by atoms with Crippen molar-refractivity contribution < 1.29 is 23.1 Å². The van der Waals surface area contributed by atoms with E-state index >= 15 is 0 Å². The molecule has 2 saturated heterocycles. The van der Waals surface area contributed by atoms with Crippen LogP contribution in [0, 0.1) is 5.82 Å². The summed E-state index contributed by atoms with van der Waals surface area (Å²) in [5.74, 6) is -0.224. The van der Waals surface area contributed by atoms with E-state index in [1.54, 1.807) is 11.0 Å². The number of hydrogen-bond donors (Lipinski definition) is 0. The van der Waals surface area contributed by atoms with Gasteiger partial charge in [0.05, 0.1) is 50.6 Å². The molecule has 9 heteroatoms. The van der Waals surface area contributed by atoms with E-state index in [0.29, 0.717) is 44.5 Å². The monoisotopic (exact) mass is 348 g/mol. The normalized spacial score (nSPS) is 24.6. The molecule has 1 amide bonds. The summed E-state index contributed by atoms with van der Waals surface area (Å²) >= 11 is 0. The molecule has 0 aromatic carbocycles. The van der Waals surface area contributed by atoms with Crippen molar-refractivity contribution in [2.45, 2.75) is 5.60 Å². The first kappa shape index (κ1) is 16.0. The predicted octanol–water partition coefficient (Wildman–Crippen LogP) is 0.847. The molecule has 2 aliphatic heterocycles. The van der Waals surface area contributed by atoms with Crippen LogP contribution in [-0.2, 0) is 14.3 Å². The van der Waals surface area contributed by atoms with E-state index < -0.39 is 11.4 Å². The number of furan rings is 1. The lowest BCUT2D eigenvalue weighted by molar-refractivity contribution is -0.143. The van der Waals surface area contributed by atoms with E-state index in [9.17, 15) is 9.18 Å². The minimum atomic E-state index is -0.723. The zero-order valence-corrected chi connectivity index (χ0v) is 13.4. The fourth-order valence-corrected chi connectivity index (χ4v) is 3.09. The molecule has 2 fully saturated rings. The molecule has 2 aromatic heterocycles. The van der Waals surface area contributed by atoms with Crippen molar-refractivity contribution in [1.29, 1.82) is 0 Å². The van der Waals surface area contributed by atoms with E-state index in [2.05, 4.69) is 9.97 Å². The first-order valence-electron chi connectivity index (χ1n) is 7.92. The highest BCUT2D eigenvalue weighted by Gasteiger charge is 2.44. The molecule has 132 valence electrons. The number of carbonyl (C=O) groups is 1. The van der Waals surface area contributed by atoms with Crippen LogP contribution in [0.1, 0.15) is 0 Å². The summed E-state index contributed by atoms with van der Waals surface area (Å²) in [6.07, 6.45) is 5.30. The Morgan fingerprint density at radius 1 is 1.24 bits per heavy atom. The first-order chi connectivity index (χ1) is 12.2. The average molecular weight is 348 g/mol. The Hall–Kier alpha value is -2.52. The van der Waals surface area contributed by atoms with Crippen molar-refractivity contribution in [1.82, 2.24) is 9.97 Å². The minimum Gasteiger partial charge on any atom is -0.470 e. The smallest absolute Gasteiger partial charge is 0.253 e. The van der Waals surface area contributed by atoms with Crippen molar-refractivity contribution in [2.24, 2.45) is 0 Å². The lowest BCUT2D eigenvalue weighted by Gasteiger charge is -2.42. The highest BCUT2D eigenvalue weighted by Crippen LogP contribution is 2.28. The largest absolute Gasteiger partial charge is 0.470 e. The van der Waals surface area contributed by atoms with Gasteiger partial charge in [-0.3, -0.25) is 4.79 Å². The highest BCUT2D eigenvalue weighted by molar-refractivity contribution is 5.95. The van der Waals surface area contributed by atoms with Crippen molar-refractivity contribution >= 4 is 17.5 Å². The Balaban J connectivity index is 1.59. The zero-order valence-electron chi connectivity index (χ0n) is 13.4. The SMILES string of the molecule is O=C1COC2(COCCN(c3ncc(F)cn3)C2)CN1c1ccoc1. The Morgan fingerprint density at radius 2 is 2.08 bits per heavy atom. The highest BCUT2D eigenvalue weighted by atomic mass is 19.1. The van der Waals surface area contributed by atoms with Crippen LogP contribution < -0.4 is 9.80 Å². The molecular weight excluding hydrogens is 331 g/mol. The van der Waals surface area contributed by atoms with Gasteiger partial charge in [-0.2, -0.15) is 0 Å². The quantitative estimate of drug-likeness (QED) is 0.796. The molecule has 2 aromatic rings. The van der Waals surface area contributed by atoms with Gasteiger partial charge in [0.1, 0.15) is 18.5 Å². The second-order valence-corrected chi connectivity index (χ2v) is 6.11. The van der Waals surface area contributed by atoms with Gasteiger partial charge in [-0.25, -0.2) is 14.4 Å². The summed E-state index contributed by atoms with van der Waals surface area (Å²) in [5, 5.41) is 0. The number of morpholine rings is 1. The van der Waals surface area contributed by atoms with Crippen LogP contribution in [0.15, 0.2) is 35.4 Å². The third-order valence-electron chi connectivity index (χ3n) is 4.31. The molecule has 4 rings (SSSR count). The van der Waals surface area contributed by atoms with Gasteiger partial charge in [0.2, 0.25) is 5.95 Å². The Kier molecular flexibility index (Phi) is 4.10. The van der Waals surface area contributed by atoms with Crippen molar-refractivity contribution in [3.05, 3.63) is 36.8 Å². The summed E-state index contributed by atoms with van der Waals surface area (Å²) in [4.78, 5) is 23.8.